The van der Waals surface area contributed by atoms with Gasteiger partial charge < -0.3 is 10.2 Å². The lowest BCUT2D eigenvalue weighted by atomic mass is 10.1. The molecule has 0 saturated carbocycles. The number of tetrazole rings is 1. The van der Waals surface area contributed by atoms with Crippen molar-refractivity contribution in [2.75, 3.05) is 23.3 Å². The summed E-state index contributed by atoms with van der Waals surface area (Å²) in [6.45, 7) is 3.94. The highest BCUT2D eigenvalue weighted by molar-refractivity contribution is 7.13. The maximum absolute atomic E-state index is 4.47. The van der Waals surface area contributed by atoms with E-state index in [0.717, 1.165) is 42.6 Å². The van der Waals surface area contributed by atoms with Crippen molar-refractivity contribution in [2.45, 2.75) is 25.8 Å². The SMILES string of the molecule is Cc1csc(NC2CCN(c3ccc4nnnn4n3)CC2)n1. The number of nitrogens with one attached hydrogen (secondary N) is 1. The van der Waals surface area contributed by atoms with Gasteiger partial charge in [0, 0.05) is 24.5 Å². The van der Waals surface area contributed by atoms with Crippen molar-refractivity contribution in [3.63, 3.8) is 0 Å². The van der Waals surface area contributed by atoms with Crippen LogP contribution in [-0.2, 0) is 0 Å². The molecular weight excluding hydrogens is 300 g/mol. The first-order valence-electron chi connectivity index (χ1n) is 7.27. The molecule has 9 heteroatoms. The van der Waals surface area contributed by atoms with Crippen LogP contribution in [0.2, 0.25) is 0 Å². The molecule has 1 aliphatic rings. The topological polar surface area (TPSA) is 84.1 Å². The summed E-state index contributed by atoms with van der Waals surface area (Å²) in [4.78, 5) is 6.74. The van der Waals surface area contributed by atoms with Gasteiger partial charge in [0.05, 0.1) is 5.69 Å². The van der Waals surface area contributed by atoms with E-state index in [4.69, 9.17) is 0 Å². The molecule has 0 atom stereocenters. The van der Waals surface area contributed by atoms with Crippen molar-refractivity contribution in [1.29, 1.82) is 0 Å². The van der Waals surface area contributed by atoms with Crippen molar-refractivity contribution in [1.82, 2.24) is 30.2 Å². The molecule has 1 N–H and O–H groups in total. The summed E-state index contributed by atoms with van der Waals surface area (Å²) < 4.78 is 1.47. The minimum absolute atomic E-state index is 0.471. The monoisotopic (exact) mass is 316 g/mol. The van der Waals surface area contributed by atoms with Crippen LogP contribution >= 0.6 is 11.3 Å². The van der Waals surface area contributed by atoms with Crippen LogP contribution in [0, 0.1) is 6.92 Å². The van der Waals surface area contributed by atoms with Crippen LogP contribution in [0.25, 0.3) is 5.65 Å². The molecule has 4 heterocycles. The number of fused-ring (bicyclic) bond motifs is 1. The summed E-state index contributed by atoms with van der Waals surface area (Å²) in [5.41, 5.74) is 1.74. The van der Waals surface area contributed by atoms with E-state index in [1.807, 2.05) is 19.1 Å². The number of hydrogen-bond donors (Lipinski definition) is 1. The van der Waals surface area contributed by atoms with E-state index in [9.17, 15) is 0 Å². The minimum Gasteiger partial charge on any atom is -0.359 e. The number of hydrogen-bond acceptors (Lipinski definition) is 8. The second-order valence-electron chi connectivity index (χ2n) is 5.42. The Morgan fingerprint density at radius 3 is 2.91 bits per heavy atom. The lowest BCUT2D eigenvalue weighted by Crippen LogP contribution is -2.39. The molecule has 4 rings (SSSR count). The Kier molecular flexibility index (Phi) is 3.34. The van der Waals surface area contributed by atoms with Crippen molar-refractivity contribution >= 4 is 27.9 Å². The Labute approximate surface area is 131 Å². The van der Waals surface area contributed by atoms with Crippen molar-refractivity contribution in [2.24, 2.45) is 0 Å². The number of piperidine rings is 1. The van der Waals surface area contributed by atoms with Crippen molar-refractivity contribution < 1.29 is 0 Å². The first kappa shape index (κ1) is 13.4. The first-order valence-corrected chi connectivity index (χ1v) is 8.15. The van der Waals surface area contributed by atoms with Gasteiger partial charge in [-0.3, -0.25) is 0 Å². The average molecular weight is 316 g/mol. The standard InChI is InChI=1S/C13H16N8S/c1-9-8-22-13(14-9)15-10-4-6-20(7-5-10)12-3-2-11-16-18-19-21(11)17-12/h2-3,8,10H,4-7H2,1H3,(H,14,15). The van der Waals surface area contributed by atoms with E-state index in [2.05, 4.69) is 41.2 Å². The van der Waals surface area contributed by atoms with Gasteiger partial charge in [0.15, 0.2) is 16.6 Å². The van der Waals surface area contributed by atoms with E-state index in [-0.39, 0.29) is 0 Å². The fourth-order valence-corrected chi connectivity index (χ4v) is 3.42. The largest absolute Gasteiger partial charge is 0.359 e. The van der Waals surface area contributed by atoms with Gasteiger partial charge in [0.25, 0.3) is 0 Å². The summed E-state index contributed by atoms with van der Waals surface area (Å²) in [5, 5.41) is 22.4. The number of aryl methyl sites for hydroxylation is 1. The highest BCUT2D eigenvalue weighted by Crippen LogP contribution is 2.22. The second kappa shape index (κ2) is 5.48. The third kappa shape index (κ3) is 2.59. The smallest absolute Gasteiger partial charge is 0.200 e. The Morgan fingerprint density at radius 2 is 2.14 bits per heavy atom. The van der Waals surface area contributed by atoms with Gasteiger partial charge >= 0.3 is 0 Å². The Balaban J connectivity index is 1.40. The van der Waals surface area contributed by atoms with Crippen LogP contribution in [0.1, 0.15) is 18.5 Å². The van der Waals surface area contributed by atoms with E-state index >= 15 is 0 Å². The van der Waals surface area contributed by atoms with Crippen LogP contribution in [0.3, 0.4) is 0 Å². The molecule has 0 amide bonds. The number of aromatic nitrogens is 6. The molecule has 22 heavy (non-hydrogen) atoms. The molecule has 0 radical (unpaired) electrons. The van der Waals surface area contributed by atoms with Gasteiger partial charge in [0.1, 0.15) is 0 Å². The van der Waals surface area contributed by atoms with Crippen molar-refractivity contribution in [3.05, 3.63) is 23.2 Å². The summed E-state index contributed by atoms with van der Waals surface area (Å²) in [6.07, 6.45) is 2.13. The molecular formula is C13H16N8S. The van der Waals surface area contributed by atoms with Crippen molar-refractivity contribution in [3.8, 4) is 0 Å². The Hall–Kier alpha value is -2.29. The van der Waals surface area contributed by atoms with Crippen LogP contribution in [-0.4, -0.2) is 49.4 Å². The van der Waals surface area contributed by atoms with Crippen LogP contribution < -0.4 is 10.2 Å². The summed E-state index contributed by atoms with van der Waals surface area (Å²) in [7, 11) is 0. The predicted molar refractivity (Wildman–Crippen MR) is 84.3 cm³/mol. The quantitative estimate of drug-likeness (QED) is 0.781. The Morgan fingerprint density at radius 1 is 1.27 bits per heavy atom. The first-order chi connectivity index (χ1) is 10.8. The molecule has 0 spiro atoms. The summed E-state index contributed by atoms with van der Waals surface area (Å²) >= 11 is 1.67. The van der Waals surface area contributed by atoms with E-state index in [0.29, 0.717) is 11.7 Å². The number of rotatable bonds is 3. The third-order valence-electron chi connectivity index (χ3n) is 3.82. The maximum Gasteiger partial charge on any atom is 0.200 e. The zero-order chi connectivity index (χ0) is 14.9. The van der Waals surface area contributed by atoms with Crippen LogP contribution in [0.15, 0.2) is 17.5 Å². The molecule has 0 unspecified atom stereocenters. The number of thiazole rings is 1. The fourth-order valence-electron chi connectivity index (χ4n) is 2.66. The van der Waals surface area contributed by atoms with Gasteiger partial charge in [-0.05, 0) is 42.3 Å². The third-order valence-corrected chi connectivity index (χ3v) is 4.71. The lowest BCUT2D eigenvalue weighted by molar-refractivity contribution is 0.520. The van der Waals surface area contributed by atoms with Crippen LogP contribution in [0.4, 0.5) is 10.9 Å². The van der Waals surface area contributed by atoms with E-state index in [1.165, 1.54) is 4.63 Å². The van der Waals surface area contributed by atoms with Gasteiger partial charge in [-0.2, -0.15) is 0 Å². The van der Waals surface area contributed by atoms with Crippen LogP contribution in [0.5, 0.6) is 0 Å². The highest BCUT2D eigenvalue weighted by Gasteiger charge is 2.21. The maximum atomic E-state index is 4.47. The molecule has 3 aromatic heterocycles. The lowest BCUT2D eigenvalue weighted by Gasteiger charge is -2.32. The molecule has 8 nitrogen and oxygen atoms in total. The van der Waals surface area contributed by atoms with Gasteiger partial charge in [-0.1, -0.05) is 0 Å². The summed E-state index contributed by atoms with van der Waals surface area (Å²) in [5.74, 6) is 0.920. The van der Waals surface area contributed by atoms with Gasteiger partial charge in [-0.25, -0.2) is 4.98 Å². The molecule has 3 aromatic rings. The zero-order valence-electron chi connectivity index (χ0n) is 12.2. The molecule has 114 valence electrons. The fraction of sp³-hybridized carbons (Fsp3) is 0.462. The normalized spacial score (nSPS) is 16.3. The van der Waals surface area contributed by atoms with Gasteiger partial charge in [0.2, 0.25) is 0 Å². The molecule has 0 aromatic carbocycles. The number of anilines is 2. The van der Waals surface area contributed by atoms with E-state index in [1.54, 1.807) is 11.3 Å². The molecule has 0 aliphatic carbocycles. The average Bonchev–Trinajstić information content (AvgIpc) is 3.16. The number of nitrogens with zero attached hydrogens (tertiary/aromatic N) is 7. The highest BCUT2D eigenvalue weighted by atomic mass is 32.1. The summed E-state index contributed by atoms with van der Waals surface area (Å²) in [6, 6.07) is 4.34. The molecule has 1 aliphatic heterocycles. The zero-order valence-corrected chi connectivity index (χ0v) is 13.0. The second-order valence-corrected chi connectivity index (χ2v) is 6.28. The molecule has 1 saturated heterocycles. The predicted octanol–water partition coefficient (Wildman–Crippen LogP) is 1.37. The van der Waals surface area contributed by atoms with E-state index < -0.39 is 0 Å². The minimum atomic E-state index is 0.471. The molecule has 1 fully saturated rings. The Bertz CT molecular complexity index is 773. The van der Waals surface area contributed by atoms with Gasteiger partial charge in [-0.15, -0.1) is 26.2 Å². The molecule has 0 bridgehead atoms.